The van der Waals surface area contributed by atoms with Gasteiger partial charge in [-0.25, -0.2) is 0 Å². The summed E-state index contributed by atoms with van der Waals surface area (Å²) in [5.41, 5.74) is 0.919. The van der Waals surface area contributed by atoms with Crippen LogP contribution in [0.25, 0.3) is 6.08 Å². The zero-order valence-corrected chi connectivity index (χ0v) is 16.3. The molecule has 2 aromatic carbocycles. The second kappa shape index (κ2) is 9.09. The van der Waals surface area contributed by atoms with Gasteiger partial charge in [-0.15, -0.1) is 0 Å². The van der Waals surface area contributed by atoms with E-state index in [9.17, 15) is 18.0 Å². The van der Waals surface area contributed by atoms with Crippen molar-refractivity contribution < 1.29 is 18.0 Å². The molecule has 1 amide bonds. The van der Waals surface area contributed by atoms with E-state index in [2.05, 4.69) is 10.6 Å². The van der Waals surface area contributed by atoms with Gasteiger partial charge in [0.2, 0.25) is 5.91 Å². The van der Waals surface area contributed by atoms with Gasteiger partial charge in [0, 0.05) is 19.2 Å². The van der Waals surface area contributed by atoms with E-state index < -0.39 is 17.6 Å². The molecule has 152 valence electrons. The number of amides is 1. The fourth-order valence-electron chi connectivity index (χ4n) is 3.09. The van der Waals surface area contributed by atoms with Crippen LogP contribution in [-0.2, 0) is 11.0 Å². The van der Waals surface area contributed by atoms with Crippen molar-refractivity contribution in [2.75, 3.05) is 23.3 Å². The molecule has 2 aromatic rings. The van der Waals surface area contributed by atoms with Crippen LogP contribution in [0.4, 0.5) is 24.5 Å². The Morgan fingerprint density at radius 1 is 1.07 bits per heavy atom. The Hall–Kier alpha value is -2.87. The minimum absolute atomic E-state index is 0.0625. The van der Waals surface area contributed by atoms with Crippen LogP contribution in [0.5, 0.6) is 0 Å². The third-order valence-corrected chi connectivity index (χ3v) is 4.69. The number of hydrogen-bond donors (Lipinski definition) is 2. The standard InChI is InChI=1S/C21H20F3N3OS/c22-21(23,24)16-9-10-18(27-12-4-5-13-27)17(14-16)25-20(29)26-19(28)11-8-15-6-2-1-3-7-15/h1-3,6-11,14H,4-5,12-13H2,(H2,25,26,28,29). The van der Waals surface area contributed by atoms with Gasteiger partial charge < -0.3 is 10.2 Å². The van der Waals surface area contributed by atoms with Gasteiger partial charge in [0.25, 0.3) is 0 Å². The summed E-state index contributed by atoms with van der Waals surface area (Å²) >= 11 is 5.14. The average Bonchev–Trinajstić information content (AvgIpc) is 3.21. The molecule has 0 atom stereocenters. The van der Waals surface area contributed by atoms with Crippen molar-refractivity contribution in [2.45, 2.75) is 19.0 Å². The Labute approximate surface area is 172 Å². The van der Waals surface area contributed by atoms with Gasteiger partial charge in [-0.1, -0.05) is 30.3 Å². The van der Waals surface area contributed by atoms with Gasteiger partial charge in [0.05, 0.1) is 16.9 Å². The molecule has 29 heavy (non-hydrogen) atoms. The van der Waals surface area contributed by atoms with Crippen LogP contribution in [-0.4, -0.2) is 24.1 Å². The molecule has 1 aliphatic heterocycles. The Balaban J connectivity index is 1.72. The number of anilines is 2. The van der Waals surface area contributed by atoms with Crippen molar-refractivity contribution in [2.24, 2.45) is 0 Å². The topological polar surface area (TPSA) is 44.4 Å². The highest BCUT2D eigenvalue weighted by Crippen LogP contribution is 2.36. The number of rotatable bonds is 4. The molecule has 8 heteroatoms. The number of carbonyl (C=O) groups excluding carboxylic acids is 1. The largest absolute Gasteiger partial charge is 0.416 e. The van der Waals surface area contributed by atoms with E-state index in [1.54, 1.807) is 6.08 Å². The van der Waals surface area contributed by atoms with Gasteiger partial charge in [-0.2, -0.15) is 13.2 Å². The number of benzene rings is 2. The monoisotopic (exact) mass is 419 g/mol. The first kappa shape index (κ1) is 20.9. The quantitative estimate of drug-likeness (QED) is 0.550. The van der Waals surface area contributed by atoms with Crippen molar-refractivity contribution in [3.8, 4) is 0 Å². The number of nitrogens with one attached hydrogen (secondary N) is 2. The summed E-state index contributed by atoms with van der Waals surface area (Å²) in [6.07, 6.45) is 0.426. The SMILES string of the molecule is O=C(C=Cc1ccccc1)NC(=S)Nc1cc(C(F)(F)F)ccc1N1CCCC1. The maximum Gasteiger partial charge on any atom is 0.416 e. The molecular weight excluding hydrogens is 399 g/mol. The van der Waals surface area contributed by atoms with Crippen LogP contribution >= 0.6 is 12.2 Å². The molecule has 1 aliphatic rings. The number of halogens is 3. The Kier molecular flexibility index (Phi) is 6.53. The lowest BCUT2D eigenvalue weighted by Gasteiger charge is -2.23. The molecule has 0 aliphatic carbocycles. The Bertz CT molecular complexity index is 907. The van der Waals surface area contributed by atoms with Crippen molar-refractivity contribution in [3.05, 3.63) is 65.7 Å². The van der Waals surface area contributed by atoms with E-state index in [4.69, 9.17) is 12.2 Å². The predicted molar refractivity (Wildman–Crippen MR) is 113 cm³/mol. The third kappa shape index (κ3) is 5.80. The van der Waals surface area contributed by atoms with Crippen molar-refractivity contribution in [1.29, 1.82) is 0 Å². The zero-order valence-electron chi connectivity index (χ0n) is 15.5. The van der Waals surface area contributed by atoms with Crippen LogP contribution in [0.1, 0.15) is 24.0 Å². The molecule has 1 fully saturated rings. The maximum absolute atomic E-state index is 13.1. The zero-order chi connectivity index (χ0) is 20.9. The number of hydrogen-bond acceptors (Lipinski definition) is 3. The maximum atomic E-state index is 13.1. The summed E-state index contributed by atoms with van der Waals surface area (Å²) in [7, 11) is 0. The summed E-state index contributed by atoms with van der Waals surface area (Å²) in [5.74, 6) is -0.471. The van der Waals surface area contributed by atoms with Gasteiger partial charge >= 0.3 is 6.18 Å². The summed E-state index contributed by atoms with van der Waals surface area (Å²) in [6, 6.07) is 12.7. The van der Waals surface area contributed by atoms with Crippen molar-refractivity contribution in [3.63, 3.8) is 0 Å². The highest BCUT2D eigenvalue weighted by atomic mass is 32.1. The lowest BCUT2D eigenvalue weighted by atomic mass is 10.1. The normalized spacial score (nSPS) is 14.2. The van der Waals surface area contributed by atoms with Gasteiger partial charge in [0.1, 0.15) is 0 Å². The minimum Gasteiger partial charge on any atom is -0.370 e. The van der Waals surface area contributed by atoms with Gasteiger partial charge in [-0.3, -0.25) is 10.1 Å². The summed E-state index contributed by atoms with van der Waals surface area (Å²) in [6.45, 7) is 1.53. The molecule has 0 bridgehead atoms. The fraction of sp³-hybridized carbons (Fsp3) is 0.238. The Morgan fingerprint density at radius 3 is 2.41 bits per heavy atom. The van der Waals surface area contributed by atoms with Gasteiger partial charge in [0.15, 0.2) is 5.11 Å². The second-order valence-corrected chi connectivity index (χ2v) is 7.02. The van der Waals surface area contributed by atoms with Crippen LogP contribution in [0, 0.1) is 0 Å². The summed E-state index contributed by atoms with van der Waals surface area (Å²) in [4.78, 5) is 14.1. The van der Waals surface area contributed by atoms with Crippen molar-refractivity contribution >= 4 is 40.7 Å². The lowest BCUT2D eigenvalue weighted by Crippen LogP contribution is -2.33. The third-order valence-electron chi connectivity index (χ3n) is 4.48. The highest BCUT2D eigenvalue weighted by Gasteiger charge is 2.31. The molecule has 1 saturated heterocycles. The average molecular weight is 419 g/mol. The Morgan fingerprint density at radius 2 is 1.76 bits per heavy atom. The number of carbonyl (C=O) groups is 1. The molecule has 4 nitrogen and oxygen atoms in total. The highest BCUT2D eigenvalue weighted by molar-refractivity contribution is 7.80. The molecule has 0 saturated carbocycles. The van der Waals surface area contributed by atoms with E-state index in [0.717, 1.165) is 43.6 Å². The molecule has 3 rings (SSSR count). The second-order valence-electron chi connectivity index (χ2n) is 6.61. The molecule has 0 radical (unpaired) electrons. The van der Waals surface area contributed by atoms with E-state index in [-0.39, 0.29) is 10.8 Å². The number of alkyl halides is 3. The molecule has 1 heterocycles. The van der Waals surface area contributed by atoms with E-state index in [1.807, 2.05) is 35.2 Å². The predicted octanol–water partition coefficient (Wildman–Crippen LogP) is 4.83. The molecule has 0 aromatic heterocycles. The molecule has 0 unspecified atom stereocenters. The van der Waals surface area contributed by atoms with Crippen LogP contribution < -0.4 is 15.5 Å². The molecule has 0 spiro atoms. The van der Waals surface area contributed by atoms with Gasteiger partial charge in [-0.05, 0) is 54.9 Å². The number of nitrogens with zero attached hydrogens (tertiary/aromatic N) is 1. The molecular formula is C21H20F3N3OS. The summed E-state index contributed by atoms with van der Waals surface area (Å²) in [5, 5.41) is 5.16. The van der Waals surface area contributed by atoms with Crippen LogP contribution in [0.15, 0.2) is 54.6 Å². The van der Waals surface area contributed by atoms with Crippen LogP contribution in [0.3, 0.4) is 0 Å². The smallest absolute Gasteiger partial charge is 0.370 e. The first-order chi connectivity index (χ1) is 13.8. The van der Waals surface area contributed by atoms with E-state index in [1.165, 1.54) is 12.1 Å². The first-order valence-corrected chi connectivity index (χ1v) is 9.55. The molecule has 2 N–H and O–H groups in total. The first-order valence-electron chi connectivity index (χ1n) is 9.14. The minimum atomic E-state index is -4.47. The summed E-state index contributed by atoms with van der Waals surface area (Å²) < 4.78 is 39.4. The fourth-order valence-corrected chi connectivity index (χ4v) is 3.30. The van der Waals surface area contributed by atoms with E-state index in [0.29, 0.717) is 5.69 Å². The number of thiocarbonyl (C=S) groups is 1. The van der Waals surface area contributed by atoms with Crippen LogP contribution in [0.2, 0.25) is 0 Å². The lowest BCUT2D eigenvalue weighted by molar-refractivity contribution is -0.137. The van der Waals surface area contributed by atoms with Crippen molar-refractivity contribution in [1.82, 2.24) is 5.32 Å². The van der Waals surface area contributed by atoms with E-state index >= 15 is 0 Å².